The number of hydrogen-bond donors (Lipinski definition) is 0. The van der Waals surface area contributed by atoms with E-state index in [2.05, 4.69) is 28.9 Å². The summed E-state index contributed by atoms with van der Waals surface area (Å²) in [5.41, 5.74) is 0.0445. The third-order valence-electron chi connectivity index (χ3n) is 6.02. The molecule has 0 radical (unpaired) electrons. The Labute approximate surface area is 202 Å². The Hall–Kier alpha value is -3.17. The fourth-order valence-corrected chi connectivity index (χ4v) is 4.32. The summed E-state index contributed by atoms with van der Waals surface area (Å²) in [6.07, 6.45) is -3.11. The molecule has 1 aliphatic rings. The van der Waals surface area contributed by atoms with Crippen LogP contribution in [-0.4, -0.2) is 52.1 Å². The highest BCUT2D eigenvalue weighted by atomic mass is 19.4. The average Bonchev–Trinajstić information content (AvgIpc) is 3.06. The Bertz CT molecular complexity index is 1210. The second kappa shape index (κ2) is 9.83. The molecule has 7 nitrogen and oxygen atoms in total. The van der Waals surface area contributed by atoms with Crippen LogP contribution in [0, 0.1) is 11.8 Å². The van der Waals surface area contributed by atoms with Crippen molar-refractivity contribution in [1.82, 2.24) is 20.0 Å². The first-order valence-electron chi connectivity index (χ1n) is 11.9. The highest BCUT2D eigenvalue weighted by Crippen LogP contribution is 2.37. The van der Waals surface area contributed by atoms with Crippen molar-refractivity contribution in [3.05, 3.63) is 35.7 Å². The summed E-state index contributed by atoms with van der Waals surface area (Å²) >= 11 is 0. The zero-order valence-electron chi connectivity index (χ0n) is 20.4. The largest absolute Gasteiger partial charge is 0.416 e. The van der Waals surface area contributed by atoms with Gasteiger partial charge < -0.3 is 14.3 Å². The summed E-state index contributed by atoms with van der Waals surface area (Å²) in [6.45, 7) is 10.2. The molecular weight excluding hydrogens is 459 g/mol. The number of anilines is 1. The van der Waals surface area contributed by atoms with Crippen molar-refractivity contribution in [2.75, 3.05) is 31.1 Å². The fraction of sp³-hybridized carbons (Fsp3) is 0.520. The van der Waals surface area contributed by atoms with Crippen LogP contribution in [0.25, 0.3) is 22.4 Å². The number of aromatic nitrogens is 3. The van der Waals surface area contributed by atoms with Gasteiger partial charge in [-0.3, -0.25) is 4.79 Å². The molecule has 4 rings (SSSR count). The van der Waals surface area contributed by atoms with E-state index < -0.39 is 11.7 Å². The Kier molecular flexibility index (Phi) is 7.00. The molecule has 3 aromatic rings. The summed E-state index contributed by atoms with van der Waals surface area (Å²) in [5, 5.41) is 4.60. The zero-order chi connectivity index (χ0) is 25.3. The van der Waals surface area contributed by atoms with Crippen LogP contribution in [0.2, 0.25) is 0 Å². The van der Waals surface area contributed by atoms with Crippen LogP contribution in [0.15, 0.2) is 28.8 Å². The second-order valence-electron chi connectivity index (χ2n) is 9.67. The van der Waals surface area contributed by atoms with E-state index in [1.165, 1.54) is 6.07 Å². The Morgan fingerprint density at radius 2 is 1.86 bits per heavy atom. The minimum absolute atomic E-state index is 0.0875. The van der Waals surface area contributed by atoms with E-state index >= 15 is 0 Å². The molecule has 0 N–H and O–H groups in total. The van der Waals surface area contributed by atoms with E-state index in [0.29, 0.717) is 55.5 Å². The van der Waals surface area contributed by atoms with E-state index in [4.69, 9.17) is 9.51 Å². The van der Waals surface area contributed by atoms with E-state index in [1.807, 2.05) is 18.7 Å². The SMILES string of the molecule is CC(C)Cc1nc(N2CCCN(C(=O)C(C)C)CC2)c2c(-c3cccc(C(F)(F)F)c3)noc2n1. The highest BCUT2D eigenvalue weighted by Gasteiger charge is 2.32. The molecule has 1 saturated heterocycles. The van der Waals surface area contributed by atoms with Crippen LogP contribution in [0.1, 0.15) is 45.5 Å². The molecule has 188 valence electrons. The van der Waals surface area contributed by atoms with Gasteiger partial charge in [0.1, 0.15) is 22.7 Å². The lowest BCUT2D eigenvalue weighted by Crippen LogP contribution is -2.37. The molecule has 0 bridgehead atoms. The van der Waals surface area contributed by atoms with Crippen molar-refractivity contribution >= 4 is 22.8 Å². The quantitative estimate of drug-likeness (QED) is 0.491. The number of benzene rings is 1. The number of nitrogens with zero attached hydrogens (tertiary/aromatic N) is 5. The molecule has 0 spiro atoms. The summed E-state index contributed by atoms with van der Waals surface area (Å²) in [7, 11) is 0. The fourth-order valence-electron chi connectivity index (χ4n) is 4.32. The number of hydrogen-bond acceptors (Lipinski definition) is 6. The van der Waals surface area contributed by atoms with E-state index in [0.717, 1.165) is 18.6 Å². The second-order valence-corrected chi connectivity index (χ2v) is 9.67. The molecule has 1 fully saturated rings. The lowest BCUT2D eigenvalue weighted by Gasteiger charge is -2.24. The van der Waals surface area contributed by atoms with Gasteiger partial charge in [-0.25, -0.2) is 4.98 Å². The zero-order valence-corrected chi connectivity index (χ0v) is 20.4. The molecule has 1 aromatic carbocycles. The minimum atomic E-state index is -4.48. The average molecular weight is 490 g/mol. The highest BCUT2D eigenvalue weighted by molar-refractivity contribution is 5.98. The van der Waals surface area contributed by atoms with Gasteiger partial charge in [-0.05, 0) is 24.5 Å². The molecular formula is C25H30F3N5O2. The number of carbonyl (C=O) groups is 1. The first-order chi connectivity index (χ1) is 16.5. The Balaban J connectivity index is 1.79. The maximum absolute atomic E-state index is 13.4. The molecule has 10 heteroatoms. The van der Waals surface area contributed by atoms with Gasteiger partial charge in [0.05, 0.1) is 5.56 Å². The van der Waals surface area contributed by atoms with Crippen LogP contribution < -0.4 is 4.90 Å². The summed E-state index contributed by atoms with van der Waals surface area (Å²) in [4.78, 5) is 25.8. The van der Waals surface area contributed by atoms with Crippen molar-refractivity contribution in [3.8, 4) is 11.3 Å². The standard InChI is InChI=1S/C25H30F3N5O2/c1-15(2)13-19-29-22(32-9-6-10-33(12-11-32)24(34)16(3)4)20-21(31-35-23(20)30-19)17-7-5-8-18(14-17)25(26,27)28/h5,7-8,14-16H,6,9-13H2,1-4H3. The molecule has 35 heavy (non-hydrogen) atoms. The van der Waals surface area contributed by atoms with Gasteiger partial charge in [-0.2, -0.15) is 18.2 Å². The summed E-state index contributed by atoms with van der Waals surface area (Å²) in [5.74, 6) is 1.49. The lowest BCUT2D eigenvalue weighted by atomic mass is 10.1. The third kappa shape index (κ3) is 5.41. The van der Waals surface area contributed by atoms with Crippen molar-refractivity contribution in [2.24, 2.45) is 11.8 Å². The van der Waals surface area contributed by atoms with Crippen molar-refractivity contribution in [1.29, 1.82) is 0 Å². The maximum Gasteiger partial charge on any atom is 0.416 e. The van der Waals surface area contributed by atoms with Gasteiger partial charge in [-0.15, -0.1) is 0 Å². The number of rotatable bonds is 5. The van der Waals surface area contributed by atoms with Crippen molar-refractivity contribution < 1.29 is 22.5 Å². The first-order valence-corrected chi connectivity index (χ1v) is 11.9. The van der Waals surface area contributed by atoms with Gasteiger partial charge in [0.2, 0.25) is 5.91 Å². The molecule has 1 aliphatic heterocycles. The van der Waals surface area contributed by atoms with Gasteiger partial charge >= 0.3 is 6.18 Å². The number of carbonyl (C=O) groups excluding carboxylic acids is 1. The van der Waals surface area contributed by atoms with E-state index in [1.54, 1.807) is 6.07 Å². The number of fused-ring (bicyclic) bond motifs is 1. The summed E-state index contributed by atoms with van der Waals surface area (Å²) < 4.78 is 45.6. The predicted molar refractivity (Wildman–Crippen MR) is 127 cm³/mol. The molecule has 0 atom stereocenters. The minimum Gasteiger partial charge on any atom is -0.354 e. The topological polar surface area (TPSA) is 75.4 Å². The Morgan fingerprint density at radius 1 is 1.09 bits per heavy atom. The van der Waals surface area contributed by atoms with Gasteiger partial charge in [0.25, 0.3) is 5.71 Å². The van der Waals surface area contributed by atoms with E-state index in [9.17, 15) is 18.0 Å². The number of amides is 1. The molecule has 0 aliphatic carbocycles. The molecule has 0 saturated carbocycles. The normalized spacial score (nSPS) is 15.3. The molecule has 3 heterocycles. The van der Waals surface area contributed by atoms with Crippen LogP contribution >= 0.6 is 0 Å². The first kappa shape index (κ1) is 24.9. The smallest absolute Gasteiger partial charge is 0.354 e. The van der Waals surface area contributed by atoms with Crippen molar-refractivity contribution in [2.45, 2.75) is 46.7 Å². The van der Waals surface area contributed by atoms with Crippen LogP contribution in [0.5, 0.6) is 0 Å². The molecule has 1 amide bonds. The summed E-state index contributed by atoms with van der Waals surface area (Å²) in [6, 6.07) is 5.02. The van der Waals surface area contributed by atoms with Crippen LogP contribution in [-0.2, 0) is 17.4 Å². The molecule has 0 unspecified atom stereocenters. The predicted octanol–water partition coefficient (Wildman–Crippen LogP) is 5.20. The van der Waals surface area contributed by atoms with Gasteiger partial charge in [-0.1, -0.05) is 45.0 Å². The monoisotopic (exact) mass is 489 g/mol. The molecule has 2 aromatic heterocycles. The van der Waals surface area contributed by atoms with E-state index in [-0.39, 0.29) is 28.8 Å². The number of alkyl halides is 3. The van der Waals surface area contributed by atoms with Crippen LogP contribution in [0.4, 0.5) is 19.0 Å². The van der Waals surface area contributed by atoms with Gasteiger partial charge in [0, 0.05) is 44.1 Å². The van der Waals surface area contributed by atoms with Crippen molar-refractivity contribution in [3.63, 3.8) is 0 Å². The van der Waals surface area contributed by atoms with Crippen LogP contribution in [0.3, 0.4) is 0 Å². The van der Waals surface area contributed by atoms with Gasteiger partial charge in [0.15, 0.2) is 0 Å². The third-order valence-corrected chi connectivity index (χ3v) is 6.02. The maximum atomic E-state index is 13.4. The lowest BCUT2D eigenvalue weighted by molar-refractivity contribution is -0.137. The Morgan fingerprint density at radius 3 is 2.54 bits per heavy atom. The number of halogens is 3.